The topological polar surface area (TPSA) is 76.1 Å². The number of nitrogens with one attached hydrogen (secondary N) is 2. The van der Waals surface area contributed by atoms with Gasteiger partial charge in [-0.15, -0.1) is 0 Å². The van der Waals surface area contributed by atoms with E-state index in [-0.39, 0.29) is 0 Å². The first-order valence-electron chi connectivity index (χ1n) is 16.4. The largest absolute Gasteiger partial charge is 0.405 e. The first-order chi connectivity index (χ1) is 20.5. The van der Waals surface area contributed by atoms with E-state index < -0.39 is 0 Å². The predicted octanol–water partition coefficient (Wildman–Crippen LogP) is 10.6. The van der Waals surface area contributed by atoms with Crippen molar-refractivity contribution in [1.29, 1.82) is 0 Å². The summed E-state index contributed by atoms with van der Waals surface area (Å²) < 4.78 is 0. The van der Waals surface area contributed by atoms with Crippen LogP contribution in [0.15, 0.2) is 78.0 Å². The minimum Gasteiger partial charge on any atom is -0.405 e. The predicted molar refractivity (Wildman–Crippen MR) is 190 cm³/mol. The lowest BCUT2D eigenvalue weighted by Gasteiger charge is -2.18. The second-order valence-electron chi connectivity index (χ2n) is 11.3. The van der Waals surface area contributed by atoms with E-state index in [2.05, 4.69) is 93.8 Å². The Balaban J connectivity index is 0.000000298. The summed E-state index contributed by atoms with van der Waals surface area (Å²) in [5.41, 5.74) is 21.4. The second-order valence-corrected chi connectivity index (χ2v) is 11.3. The van der Waals surface area contributed by atoms with Crippen molar-refractivity contribution in [1.82, 2.24) is 0 Å². The maximum Gasteiger partial charge on any atom is 0.0435 e. The van der Waals surface area contributed by atoms with Crippen molar-refractivity contribution in [3.05, 3.63) is 89.2 Å². The molecule has 0 amide bonds. The van der Waals surface area contributed by atoms with Gasteiger partial charge in [0.2, 0.25) is 0 Å². The molecule has 0 aromatic heterocycles. The molecule has 1 aliphatic rings. The summed E-state index contributed by atoms with van der Waals surface area (Å²) in [6, 6.07) is 14.5. The highest BCUT2D eigenvalue weighted by atomic mass is 14.9. The van der Waals surface area contributed by atoms with Gasteiger partial charge in [0.05, 0.1) is 0 Å². The molecular weight excluding hydrogens is 512 g/mol. The molecule has 3 rings (SSSR count). The third-order valence-electron chi connectivity index (χ3n) is 8.05. The zero-order valence-corrected chi connectivity index (χ0v) is 27.1. The lowest BCUT2D eigenvalue weighted by molar-refractivity contribution is 0.660. The van der Waals surface area contributed by atoms with Gasteiger partial charge in [0, 0.05) is 41.3 Å². The maximum absolute atomic E-state index is 6.13. The molecule has 2 aromatic carbocycles. The minimum atomic E-state index is 0.597. The smallest absolute Gasteiger partial charge is 0.0435 e. The van der Waals surface area contributed by atoms with Crippen LogP contribution in [0.25, 0.3) is 11.6 Å². The molecule has 0 aliphatic heterocycles. The normalized spacial score (nSPS) is 13.8. The number of anilines is 3. The number of allylic oxidation sites excluding steroid dienone is 6. The van der Waals surface area contributed by atoms with E-state index >= 15 is 0 Å². The van der Waals surface area contributed by atoms with E-state index in [1.54, 1.807) is 6.20 Å². The minimum absolute atomic E-state index is 0.597. The molecular formula is C38H58N4. The number of nitrogens with two attached hydrogens (primary N) is 2. The monoisotopic (exact) mass is 570 g/mol. The van der Waals surface area contributed by atoms with Crippen LogP contribution in [0.5, 0.6) is 0 Å². The Morgan fingerprint density at radius 2 is 1.45 bits per heavy atom. The molecule has 0 bridgehead atoms. The van der Waals surface area contributed by atoms with Crippen molar-refractivity contribution >= 4 is 28.7 Å². The SMILES string of the molecule is CCC(C)C1=CCC=CC(c2ccccc2N)=C1C.CCCCCCNc1cccc(NCCCCCC)c1/C=C/N. The quantitative estimate of drug-likeness (QED) is 0.120. The van der Waals surface area contributed by atoms with Gasteiger partial charge in [0.15, 0.2) is 0 Å². The molecule has 0 radical (unpaired) electrons. The van der Waals surface area contributed by atoms with Crippen molar-refractivity contribution < 1.29 is 0 Å². The molecule has 0 spiro atoms. The summed E-state index contributed by atoms with van der Waals surface area (Å²) in [5.74, 6) is 0.597. The third kappa shape index (κ3) is 11.5. The zero-order valence-electron chi connectivity index (χ0n) is 27.1. The number of unbranched alkanes of at least 4 members (excludes halogenated alkanes) is 6. The van der Waals surface area contributed by atoms with Crippen LogP contribution in [0.4, 0.5) is 17.1 Å². The Hall–Kier alpha value is -3.40. The first-order valence-corrected chi connectivity index (χ1v) is 16.4. The molecule has 42 heavy (non-hydrogen) atoms. The number of rotatable bonds is 16. The molecule has 6 N–H and O–H groups in total. The van der Waals surface area contributed by atoms with Gasteiger partial charge in [-0.1, -0.05) is 109 Å². The van der Waals surface area contributed by atoms with Gasteiger partial charge in [-0.05, 0) is 85.7 Å². The van der Waals surface area contributed by atoms with E-state index in [1.807, 2.05) is 18.2 Å². The molecule has 0 heterocycles. The van der Waals surface area contributed by atoms with Gasteiger partial charge in [0.1, 0.15) is 0 Å². The highest BCUT2D eigenvalue weighted by Gasteiger charge is 2.15. The van der Waals surface area contributed by atoms with E-state index in [0.29, 0.717) is 5.92 Å². The van der Waals surface area contributed by atoms with E-state index in [1.165, 1.54) is 91.4 Å². The summed E-state index contributed by atoms with van der Waals surface area (Å²) in [5, 5.41) is 7.12. The Bertz CT molecular complexity index is 1140. The summed E-state index contributed by atoms with van der Waals surface area (Å²) in [4.78, 5) is 0. The van der Waals surface area contributed by atoms with E-state index in [0.717, 1.165) is 30.8 Å². The van der Waals surface area contributed by atoms with Gasteiger partial charge >= 0.3 is 0 Å². The van der Waals surface area contributed by atoms with Crippen LogP contribution in [-0.4, -0.2) is 13.1 Å². The molecule has 4 nitrogen and oxygen atoms in total. The van der Waals surface area contributed by atoms with Gasteiger partial charge in [-0.3, -0.25) is 0 Å². The fraction of sp³-hybridized carbons (Fsp3) is 0.474. The second kappa shape index (κ2) is 20.5. The average molecular weight is 571 g/mol. The molecule has 0 saturated heterocycles. The molecule has 230 valence electrons. The Kier molecular flexibility index (Phi) is 17.0. The van der Waals surface area contributed by atoms with E-state index in [4.69, 9.17) is 11.5 Å². The number of hydrogen-bond acceptors (Lipinski definition) is 4. The standard InChI is InChI=1S/C20H35N3.C18H23N/c1-3-5-7-9-16-22-19-12-11-13-20(18(19)14-15-21)23-17-10-8-6-4-2;1-4-13(2)15-9-5-6-10-16(14(15)3)17-11-7-8-12-18(17)19/h11-15,22-23H,3-10,16-17,21H2,1-2H3;6-13H,4-5,19H2,1-3H3/b15-14+;. The number of benzene rings is 2. The van der Waals surface area contributed by atoms with Crippen molar-refractivity contribution in [3.63, 3.8) is 0 Å². The van der Waals surface area contributed by atoms with Crippen molar-refractivity contribution in [3.8, 4) is 0 Å². The summed E-state index contributed by atoms with van der Waals surface area (Å²) in [6.45, 7) is 13.3. The van der Waals surface area contributed by atoms with Crippen LogP contribution in [-0.2, 0) is 0 Å². The molecule has 2 aromatic rings. The molecule has 1 unspecified atom stereocenters. The molecule has 0 fully saturated rings. The molecule has 4 heteroatoms. The van der Waals surface area contributed by atoms with E-state index in [9.17, 15) is 0 Å². The van der Waals surface area contributed by atoms with Crippen molar-refractivity contribution in [2.45, 2.75) is 98.8 Å². The van der Waals surface area contributed by atoms with Gasteiger partial charge in [0.25, 0.3) is 0 Å². The lowest BCUT2D eigenvalue weighted by Crippen LogP contribution is -2.07. The van der Waals surface area contributed by atoms with Crippen molar-refractivity contribution in [2.24, 2.45) is 11.7 Å². The molecule has 0 saturated carbocycles. The number of para-hydroxylation sites is 1. The molecule has 1 aliphatic carbocycles. The number of nitrogen functional groups attached to an aromatic ring is 1. The van der Waals surface area contributed by atoms with Crippen LogP contribution in [0.2, 0.25) is 0 Å². The van der Waals surface area contributed by atoms with Gasteiger partial charge < -0.3 is 22.1 Å². The summed E-state index contributed by atoms with van der Waals surface area (Å²) in [7, 11) is 0. The van der Waals surface area contributed by atoms with Crippen LogP contribution >= 0.6 is 0 Å². The van der Waals surface area contributed by atoms with Gasteiger partial charge in [-0.25, -0.2) is 0 Å². The average Bonchev–Trinajstić information content (AvgIpc) is 3.19. The fourth-order valence-electron chi connectivity index (χ4n) is 5.34. The van der Waals surface area contributed by atoms with Crippen molar-refractivity contribution in [2.75, 3.05) is 29.5 Å². The van der Waals surface area contributed by atoms with Crippen LogP contribution < -0.4 is 22.1 Å². The maximum atomic E-state index is 6.13. The lowest BCUT2D eigenvalue weighted by atomic mass is 9.88. The highest BCUT2D eigenvalue weighted by molar-refractivity contribution is 5.85. The molecule has 1 atom stereocenters. The fourth-order valence-corrected chi connectivity index (χ4v) is 5.34. The Labute approximate surface area is 257 Å². The highest BCUT2D eigenvalue weighted by Crippen LogP contribution is 2.34. The Morgan fingerprint density at radius 3 is 2.00 bits per heavy atom. The third-order valence-corrected chi connectivity index (χ3v) is 8.05. The van der Waals surface area contributed by atoms with Crippen LogP contribution in [0.1, 0.15) is 110 Å². The summed E-state index contributed by atoms with van der Waals surface area (Å²) in [6.07, 6.45) is 22.8. The zero-order chi connectivity index (χ0) is 30.6. The van der Waals surface area contributed by atoms with Crippen LogP contribution in [0.3, 0.4) is 0 Å². The first kappa shape index (κ1) is 34.8. The van der Waals surface area contributed by atoms with Crippen LogP contribution in [0, 0.1) is 5.92 Å². The Morgan fingerprint density at radius 1 is 0.833 bits per heavy atom. The van der Waals surface area contributed by atoms with Gasteiger partial charge in [-0.2, -0.15) is 0 Å². The summed E-state index contributed by atoms with van der Waals surface area (Å²) >= 11 is 0. The number of hydrogen-bond donors (Lipinski definition) is 4.